The van der Waals surface area contributed by atoms with Gasteiger partial charge >= 0.3 is 0 Å². The molecule has 0 spiro atoms. The standard InChI is InChI=1S/C14H17N5O/c20-14(9-1-2-12-13(5-9)17-18-16-12)19-7-10-3-4-15-6-11(10)8-19/h1-2,5,10-11,15H,3-4,6-8H2,(H,16,17,18)/t10-,11+/m0/s1. The summed E-state index contributed by atoms with van der Waals surface area (Å²) in [6, 6.07) is 5.51. The molecule has 1 amide bonds. The van der Waals surface area contributed by atoms with Gasteiger partial charge in [0.05, 0.1) is 0 Å². The van der Waals surface area contributed by atoms with Crippen LogP contribution in [-0.2, 0) is 0 Å². The minimum Gasteiger partial charge on any atom is -0.338 e. The van der Waals surface area contributed by atoms with Crippen LogP contribution in [0.1, 0.15) is 16.8 Å². The Balaban J connectivity index is 1.57. The van der Waals surface area contributed by atoms with Gasteiger partial charge in [0.15, 0.2) is 0 Å². The molecule has 2 N–H and O–H groups in total. The summed E-state index contributed by atoms with van der Waals surface area (Å²) in [4.78, 5) is 14.6. The van der Waals surface area contributed by atoms with E-state index in [0.29, 0.717) is 17.4 Å². The number of carbonyl (C=O) groups is 1. The minimum absolute atomic E-state index is 0.115. The fraction of sp³-hybridized carbons (Fsp3) is 0.500. The number of hydrogen-bond donors (Lipinski definition) is 2. The van der Waals surface area contributed by atoms with Gasteiger partial charge in [0.25, 0.3) is 5.91 Å². The van der Waals surface area contributed by atoms with Gasteiger partial charge in [-0.3, -0.25) is 4.79 Å². The number of aromatic amines is 1. The maximum atomic E-state index is 12.6. The summed E-state index contributed by atoms with van der Waals surface area (Å²) in [5.74, 6) is 1.39. The Morgan fingerprint density at radius 3 is 2.95 bits per heavy atom. The van der Waals surface area contributed by atoms with Gasteiger partial charge in [-0.2, -0.15) is 15.4 Å². The van der Waals surface area contributed by atoms with E-state index in [1.165, 1.54) is 6.42 Å². The summed E-state index contributed by atoms with van der Waals surface area (Å²) in [6.45, 7) is 3.88. The summed E-state index contributed by atoms with van der Waals surface area (Å²) in [5.41, 5.74) is 2.24. The number of benzene rings is 1. The zero-order valence-electron chi connectivity index (χ0n) is 11.2. The zero-order valence-corrected chi connectivity index (χ0v) is 11.2. The van der Waals surface area contributed by atoms with Crippen molar-refractivity contribution < 1.29 is 4.79 Å². The van der Waals surface area contributed by atoms with Crippen LogP contribution in [-0.4, -0.2) is 52.4 Å². The number of amides is 1. The van der Waals surface area contributed by atoms with Crippen LogP contribution in [0.2, 0.25) is 0 Å². The fourth-order valence-electron chi connectivity index (χ4n) is 3.39. The van der Waals surface area contributed by atoms with Gasteiger partial charge in [-0.05, 0) is 49.5 Å². The molecule has 0 unspecified atom stereocenters. The number of piperidine rings is 1. The van der Waals surface area contributed by atoms with Crippen molar-refractivity contribution in [2.24, 2.45) is 11.8 Å². The van der Waals surface area contributed by atoms with Gasteiger partial charge in [-0.15, -0.1) is 0 Å². The lowest BCUT2D eigenvalue weighted by Gasteiger charge is -2.23. The Bertz CT molecular complexity index is 638. The van der Waals surface area contributed by atoms with Crippen molar-refractivity contribution in [2.45, 2.75) is 6.42 Å². The average Bonchev–Trinajstić information content (AvgIpc) is 3.11. The van der Waals surface area contributed by atoms with Crippen LogP contribution in [0.4, 0.5) is 0 Å². The van der Waals surface area contributed by atoms with Gasteiger partial charge in [-0.1, -0.05) is 0 Å². The molecule has 6 nitrogen and oxygen atoms in total. The van der Waals surface area contributed by atoms with Crippen LogP contribution >= 0.6 is 0 Å². The quantitative estimate of drug-likeness (QED) is 0.798. The van der Waals surface area contributed by atoms with Gasteiger partial charge in [0.1, 0.15) is 11.0 Å². The number of H-pyrrole nitrogens is 1. The topological polar surface area (TPSA) is 73.9 Å². The van der Waals surface area contributed by atoms with Crippen molar-refractivity contribution >= 4 is 16.9 Å². The first-order valence-electron chi connectivity index (χ1n) is 7.12. The maximum Gasteiger partial charge on any atom is 0.253 e. The summed E-state index contributed by atoms with van der Waals surface area (Å²) in [6.07, 6.45) is 1.18. The second-order valence-corrected chi connectivity index (χ2v) is 5.75. The Kier molecular flexibility index (Phi) is 2.70. The van der Waals surface area contributed by atoms with Gasteiger partial charge in [0.2, 0.25) is 0 Å². The first kappa shape index (κ1) is 11.8. The zero-order chi connectivity index (χ0) is 13.5. The molecular formula is C14H17N5O. The summed E-state index contributed by atoms with van der Waals surface area (Å²) >= 11 is 0. The van der Waals surface area contributed by atoms with E-state index >= 15 is 0 Å². The van der Waals surface area contributed by atoms with Crippen LogP contribution in [0.15, 0.2) is 18.2 Å². The van der Waals surface area contributed by atoms with Crippen LogP contribution < -0.4 is 5.32 Å². The van der Waals surface area contributed by atoms with E-state index in [2.05, 4.69) is 20.7 Å². The van der Waals surface area contributed by atoms with Gasteiger partial charge in [0, 0.05) is 18.7 Å². The number of fused-ring (bicyclic) bond motifs is 2. The average molecular weight is 271 g/mol. The smallest absolute Gasteiger partial charge is 0.253 e. The molecule has 104 valence electrons. The second kappa shape index (κ2) is 4.56. The predicted molar refractivity (Wildman–Crippen MR) is 74.3 cm³/mol. The summed E-state index contributed by atoms with van der Waals surface area (Å²) < 4.78 is 0. The monoisotopic (exact) mass is 271 g/mol. The molecule has 0 radical (unpaired) electrons. The Labute approximate surface area is 116 Å². The van der Waals surface area contributed by atoms with E-state index < -0.39 is 0 Å². The largest absolute Gasteiger partial charge is 0.338 e. The second-order valence-electron chi connectivity index (χ2n) is 5.75. The lowest BCUT2D eigenvalue weighted by atomic mass is 9.90. The minimum atomic E-state index is 0.115. The van der Waals surface area contributed by atoms with Crippen LogP contribution in [0.5, 0.6) is 0 Å². The highest BCUT2D eigenvalue weighted by molar-refractivity contribution is 5.97. The Morgan fingerprint density at radius 2 is 2.05 bits per heavy atom. The first-order chi connectivity index (χ1) is 9.81. The van der Waals surface area contributed by atoms with Gasteiger partial charge in [-0.25, -0.2) is 0 Å². The highest BCUT2D eigenvalue weighted by atomic mass is 16.2. The molecule has 1 aromatic carbocycles. The third kappa shape index (κ3) is 1.87. The Hall–Kier alpha value is -1.95. The molecule has 1 aromatic heterocycles. The van der Waals surface area contributed by atoms with Crippen LogP contribution in [0.3, 0.4) is 0 Å². The maximum absolute atomic E-state index is 12.6. The lowest BCUT2D eigenvalue weighted by Crippen LogP contribution is -2.35. The molecule has 0 aliphatic carbocycles. The molecule has 3 heterocycles. The van der Waals surface area contributed by atoms with E-state index in [-0.39, 0.29) is 5.91 Å². The number of likely N-dealkylation sites (tertiary alicyclic amines) is 1. The molecule has 4 rings (SSSR count). The molecule has 2 aromatic rings. The molecule has 2 aliphatic heterocycles. The molecule has 2 aliphatic rings. The van der Waals surface area contributed by atoms with E-state index in [1.54, 1.807) is 0 Å². The molecule has 0 saturated carbocycles. The molecule has 2 saturated heterocycles. The number of rotatable bonds is 1. The van der Waals surface area contributed by atoms with Crippen molar-refractivity contribution in [3.05, 3.63) is 23.8 Å². The molecule has 2 atom stereocenters. The normalized spacial score (nSPS) is 25.9. The number of aromatic nitrogens is 3. The van der Waals surface area contributed by atoms with Crippen LogP contribution in [0, 0.1) is 11.8 Å². The van der Waals surface area contributed by atoms with E-state index in [0.717, 1.165) is 37.2 Å². The molecular weight excluding hydrogens is 254 g/mol. The number of nitrogens with zero attached hydrogens (tertiary/aromatic N) is 3. The highest BCUT2D eigenvalue weighted by Gasteiger charge is 2.36. The Morgan fingerprint density at radius 1 is 1.20 bits per heavy atom. The predicted octanol–water partition coefficient (Wildman–Crippen LogP) is 0.639. The van der Waals surface area contributed by atoms with E-state index in [1.807, 2.05) is 23.1 Å². The number of hydrogen-bond acceptors (Lipinski definition) is 4. The van der Waals surface area contributed by atoms with Crippen molar-refractivity contribution in [1.29, 1.82) is 0 Å². The van der Waals surface area contributed by atoms with Crippen molar-refractivity contribution in [3.8, 4) is 0 Å². The molecule has 20 heavy (non-hydrogen) atoms. The number of nitrogens with one attached hydrogen (secondary N) is 2. The van der Waals surface area contributed by atoms with E-state index in [4.69, 9.17) is 0 Å². The molecule has 6 heteroatoms. The van der Waals surface area contributed by atoms with Crippen molar-refractivity contribution in [2.75, 3.05) is 26.2 Å². The molecule has 0 bridgehead atoms. The van der Waals surface area contributed by atoms with E-state index in [9.17, 15) is 4.79 Å². The van der Waals surface area contributed by atoms with Crippen LogP contribution in [0.25, 0.3) is 11.0 Å². The summed E-state index contributed by atoms with van der Waals surface area (Å²) in [5, 5.41) is 14.0. The van der Waals surface area contributed by atoms with Crippen molar-refractivity contribution in [3.63, 3.8) is 0 Å². The first-order valence-corrected chi connectivity index (χ1v) is 7.12. The van der Waals surface area contributed by atoms with Crippen molar-refractivity contribution in [1.82, 2.24) is 25.6 Å². The molecule has 2 fully saturated rings. The number of carbonyl (C=O) groups excluding carboxylic acids is 1. The summed E-state index contributed by atoms with van der Waals surface area (Å²) in [7, 11) is 0. The highest BCUT2D eigenvalue weighted by Crippen LogP contribution is 2.29. The SMILES string of the molecule is O=C(c1ccc2n[nH]nc2c1)N1C[C@H]2CNCC[C@H]2C1. The lowest BCUT2D eigenvalue weighted by molar-refractivity contribution is 0.0784. The van der Waals surface area contributed by atoms with Gasteiger partial charge < -0.3 is 10.2 Å². The third-order valence-corrected chi connectivity index (χ3v) is 4.53. The fourth-order valence-corrected chi connectivity index (χ4v) is 3.39. The third-order valence-electron chi connectivity index (χ3n) is 4.53.